The highest BCUT2D eigenvalue weighted by Crippen LogP contribution is 2.27. The molecular weight excluding hydrogens is 260 g/mol. The van der Waals surface area contributed by atoms with Gasteiger partial charge in [-0.1, -0.05) is 0 Å². The molecule has 0 aromatic heterocycles. The number of nitro benzene ring substituents is 1. The number of amides is 1. The van der Waals surface area contributed by atoms with Crippen LogP contribution in [-0.2, 0) is 4.79 Å². The van der Waals surface area contributed by atoms with Crippen LogP contribution in [0.15, 0.2) is 18.2 Å². The Kier molecular flexibility index (Phi) is 4.39. The third kappa shape index (κ3) is 3.37. The second-order valence-corrected chi connectivity index (χ2v) is 4.65. The molecule has 1 aromatic rings. The first-order valence-corrected chi connectivity index (χ1v) is 6.65. The standard InChI is InChI=1S/C13H18N4O3/c1-2-14-10-6-11(8-12(7-10)17(19)20)16-5-3-4-15-13(18)9-16/h6-8,14H,2-5,9H2,1H3,(H,15,18). The molecule has 2 N–H and O–H groups in total. The van der Waals surface area contributed by atoms with Crippen molar-refractivity contribution in [2.24, 2.45) is 0 Å². The van der Waals surface area contributed by atoms with Gasteiger partial charge in [-0.2, -0.15) is 0 Å². The van der Waals surface area contributed by atoms with Gasteiger partial charge in [-0.05, 0) is 19.4 Å². The van der Waals surface area contributed by atoms with E-state index in [-0.39, 0.29) is 18.1 Å². The van der Waals surface area contributed by atoms with Gasteiger partial charge in [0.25, 0.3) is 5.69 Å². The van der Waals surface area contributed by atoms with E-state index in [1.165, 1.54) is 12.1 Å². The summed E-state index contributed by atoms with van der Waals surface area (Å²) in [5.74, 6) is -0.0565. The molecule has 2 rings (SSSR count). The molecule has 0 aliphatic carbocycles. The first-order valence-electron chi connectivity index (χ1n) is 6.65. The number of anilines is 2. The van der Waals surface area contributed by atoms with Crippen LogP contribution in [0.2, 0.25) is 0 Å². The Morgan fingerprint density at radius 1 is 1.45 bits per heavy atom. The summed E-state index contributed by atoms with van der Waals surface area (Å²) in [6.07, 6.45) is 0.824. The van der Waals surface area contributed by atoms with Crippen LogP contribution < -0.4 is 15.5 Å². The highest BCUT2D eigenvalue weighted by Gasteiger charge is 2.18. The van der Waals surface area contributed by atoms with Crippen molar-refractivity contribution >= 4 is 23.0 Å². The summed E-state index contributed by atoms with van der Waals surface area (Å²) in [5, 5.41) is 16.9. The van der Waals surface area contributed by atoms with Crippen molar-refractivity contribution in [1.29, 1.82) is 0 Å². The van der Waals surface area contributed by atoms with Gasteiger partial charge in [0.15, 0.2) is 0 Å². The van der Waals surface area contributed by atoms with Crippen molar-refractivity contribution < 1.29 is 9.72 Å². The molecule has 0 unspecified atom stereocenters. The topological polar surface area (TPSA) is 87.5 Å². The first kappa shape index (κ1) is 14.1. The molecule has 7 nitrogen and oxygen atoms in total. The fourth-order valence-corrected chi connectivity index (χ4v) is 2.22. The molecule has 20 heavy (non-hydrogen) atoms. The normalized spacial score (nSPS) is 15.4. The molecular formula is C13H18N4O3. The molecule has 1 aromatic carbocycles. The first-order chi connectivity index (χ1) is 9.60. The average molecular weight is 278 g/mol. The lowest BCUT2D eigenvalue weighted by Gasteiger charge is -2.22. The average Bonchev–Trinajstić information content (AvgIpc) is 2.63. The van der Waals surface area contributed by atoms with Crippen LogP contribution in [0.25, 0.3) is 0 Å². The van der Waals surface area contributed by atoms with Crippen LogP contribution in [0.5, 0.6) is 0 Å². The van der Waals surface area contributed by atoms with Crippen LogP contribution in [0.4, 0.5) is 17.1 Å². The molecule has 0 saturated carbocycles. The predicted molar refractivity (Wildman–Crippen MR) is 77.1 cm³/mol. The number of non-ortho nitro benzene ring substituents is 1. The third-order valence-corrected chi connectivity index (χ3v) is 3.12. The highest BCUT2D eigenvalue weighted by atomic mass is 16.6. The van der Waals surface area contributed by atoms with E-state index in [4.69, 9.17) is 0 Å². The number of nitrogens with one attached hydrogen (secondary N) is 2. The Morgan fingerprint density at radius 3 is 2.95 bits per heavy atom. The number of benzene rings is 1. The number of carbonyl (C=O) groups excluding carboxylic acids is 1. The van der Waals surface area contributed by atoms with Crippen molar-refractivity contribution in [3.05, 3.63) is 28.3 Å². The number of hydrogen-bond donors (Lipinski definition) is 2. The largest absolute Gasteiger partial charge is 0.385 e. The zero-order valence-electron chi connectivity index (χ0n) is 11.4. The Bertz CT molecular complexity index is 518. The Morgan fingerprint density at radius 2 is 2.25 bits per heavy atom. The minimum Gasteiger partial charge on any atom is -0.385 e. The fourth-order valence-electron chi connectivity index (χ4n) is 2.22. The van der Waals surface area contributed by atoms with E-state index in [0.29, 0.717) is 31.0 Å². The van der Waals surface area contributed by atoms with Gasteiger partial charge in [-0.25, -0.2) is 0 Å². The second-order valence-electron chi connectivity index (χ2n) is 4.65. The molecule has 0 spiro atoms. The molecule has 108 valence electrons. The monoisotopic (exact) mass is 278 g/mol. The minimum atomic E-state index is -0.414. The van der Waals surface area contributed by atoms with Crippen LogP contribution in [0.1, 0.15) is 13.3 Å². The lowest BCUT2D eigenvalue weighted by Crippen LogP contribution is -2.33. The smallest absolute Gasteiger partial charge is 0.273 e. The summed E-state index contributed by atoms with van der Waals surface area (Å²) < 4.78 is 0. The molecule has 1 heterocycles. The van der Waals surface area contributed by atoms with Crippen molar-refractivity contribution in [2.45, 2.75) is 13.3 Å². The molecule has 1 amide bonds. The summed E-state index contributed by atoms with van der Waals surface area (Å²) in [7, 11) is 0. The summed E-state index contributed by atoms with van der Waals surface area (Å²) in [5.41, 5.74) is 1.43. The maximum absolute atomic E-state index is 11.6. The van der Waals surface area contributed by atoms with Crippen molar-refractivity contribution in [3.8, 4) is 0 Å². The van der Waals surface area contributed by atoms with E-state index in [9.17, 15) is 14.9 Å². The van der Waals surface area contributed by atoms with Gasteiger partial charge < -0.3 is 15.5 Å². The quantitative estimate of drug-likeness (QED) is 0.641. The van der Waals surface area contributed by atoms with Crippen molar-refractivity contribution in [1.82, 2.24) is 5.32 Å². The van der Waals surface area contributed by atoms with E-state index in [1.54, 1.807) is 0 Å². The third-order valence-electron chi connectivity index (χ3n) is 3.12. The van der Waals surface area contributed by atoms with E-state index in [2.05, 4.69) is 10.6 Å². The molecule has 0 atom stereocenters. The summed E-state index contributed by atoms with van der Waals surface area (Å²) in [4.78, 5) is 24.1. The van der Waals surface area contributed by atoms with Crippen molar-refractivity contribution in [3.63, 3.8) is 0 Å². The lowest BCUT2D eigenvalue weighted by molar-refractivity contribution is -0.384. The molecule has 1 saturated heterocycles. The number of hydrogen-bond acceptors (Lipinski definition) is 5. The van der Waals surface area contributed by atoms with Crippen LogP contribution >= 0.6 is 0 Å². The fraction of sp³-hybridized carbons (Fsp3) is 0.462. The number of nitrogens with zero attached hydrogens (tertiary/aromatic N) is 2. The maximum Gasteiger partial charge on any atom is 0.273 e. The van der Waals surface area contributed by atoms with E-state index >= 15 is 0 Å². The van der Waals surface area contributed by atoms with Gasteiger partial charge in [0.2, 0.25) is 5.91 Å². The van der Waals surface area contributed by atoms with Crippen molar-refractivity contribution in [2.75, 3.05) is 36.4 Å². The van der Waals surface area contributed by atoms with Gasteiger partial charge in [-0.15, -0.1) is 0 Å². The number of rotatable bonds is 4. The molecule has 7 heteroatoms. The molecule has 1 fully saturated rings. The molecule has 0 radical (unpaired) electrons. The van der Waals surface area contributed by atoms with E-state index in [1.807, 2.05) is 17.9 Å². The van der Waals surface area contributed by atoms with Gasteiger partial charge in [0.05, 0.1) is 11.5 Å². The Balaban J connectivity index is 2.33. The molecule has 1 aliphatic heterocycles. The van der Waals surface area contributed by atoms with Crippen LogP contribution in [0.3, 0.4) is 0 Å². The lowest BCUT2D eigenvalue weighted by atomic mass is 10.2. The molecule has 0 bridgehead atoms. The van der Waals surface area contributed by atoms with Crippen LogP contribution in [0, 0.1) is 10.1 Å². The summed E-state index contributed by atoms with van der Waals surface area (Å²) >= 11 is 0. The second kappa shape index (κ2) is 6.23. The van der Waals surface area contributed by atoms with Gasteiger partial charge >= 0.3 is 0 Å². The zero-order valence-corrected chi connectivity index (χ0v) is 11.4. The van der Waals surface area contributed by atoms with Gasteiger partial charge in [0.1, 0.15) is 0 Å². The Hall–Kier alpha value is -2.31. The van der Waals surface area contributed by atoms with Gasteiger partial charge in [-0.3, -0.25) is 14.9 Å². The zero-order chi connectivity index (χ0) is 14.5. The van der Waals surface area contributed by atoms with E-state index < -0.39 is 4.92 Å². The minimum absolute atomic E-state index is 0.0307. The molecule has 1 aliphatic rings. The number of nitro groups is 1. The predicted octanol–water partition coefficient (Wildman–Crippen LogP) is 1.35. The maximum atomic E-state index is 11.6. The summed E-state index contributed by atoms with van der Waals surface area (Å²) in [6.45, 7) is 4.18. The number of carbonyl (C=O) groups is 1. The summed E-state index contributed by atoms with van der Waals surface area (Å²) in [6, 6.07) is 4.86. The Labute approximate surface area is 117 Å². The van der Waals surface area contributed by atoms with Crippen LogP contribution in [-0.4, -0.2) is 37.0 Å². The SMILES string of the molecule is CCNc1cc(N2CCCNC(=O)C2)cc([N+](=O)[O-])c1. The van der Waals surface area contributed by atoms with Gasteiger partial charge in [0, 0.05) is 43.1 Å². The van der Waals surface area contributed by atoms with E-state index in [0.717, 1.165) is 6.42 Å². The highest BCUT2D eigenvalue weighted by molar-refractivity contribution is 5.82.